The minimum atomic E-state index is 0.323. The first-order chi connectivity index (χ1) is 10.3. The Kier molecular flexibility index (Phi) is 3.88. The van der Waals surface area contributed by atoms with Gasteiger partial charge in [0.05, 0.1) is 11.4 Å². The first-order valence-corrected chi connectivity index (χ1v) is 6.59. The number of nitrogens with two attached hydrogens (primary N) is 1. The zero-order chi connectivity index (χ0) is 14.5. The Labute approximate surface area is 122 Å². The third-order valence-electron chi connectivity index (χ3n) is 2.96. The van der Waals surface area contributed by atoms with Crippen molar-refractivity contribution in [3.63, 3.8) is 0 Å². The van der Waals surface area contributed by atoms with Gasteiger partial charge in [0.25, 0.3) is 0 Å². The fraction of sp³-hybridized carbons (Fsp3) is 0.133. The van der Waals surface area contributed by atoms with Crippen LogP contribution in [-0.4, -0.2) is 19.7 Å². The van der Waals surface area contributed by atoms with Crippen molar-refractivity contribution in [3.8, 4) is 11.7 Å². The lowest BCUT2D eigenvalue weighted by atomic mass is 10.2. The topological polar surface area (TPSA) is 78.9 Å². The van der Waals surface area contributed by atoms with Gasteiger partial charge in [-0.15, -0.1) is 5.10 Å². The van der Waals surface area contributed by atoms with Crippen LogP contribution >= 0.6 is 0 Å². The summed E-state index contributed by atoms with van der Waals surface area (Å²) < 4.78 is 7.20. The van der Waals surface area contributed by atoms with Crippen molar-refractivity contribution in [2.24, 2.45) is 5.73 Å². The third kappa shape index (κ3) is 3.24. The van der Waals surface area contributed by atoms with Crippen LogP contribution in [-0.2, 0) is 13.2 Å². The highest BCUT2D eigenvalue weighted by Crippen LogP contribution is 2.09. The fourth-order valence-corrected chi connectivity index (χ4v) is 1.82. The molecule has 0 saturated heterocycles. The maximum absolute atomic E-state index is 5.53. The molecule has 0 spiro atoms. The number of ether oxygens (including phenoxy) is 1. The van der Waals surface area contributed by atoms with Crippen LogP contribution in [0.5, 0.6) is 6.01 Å². The number of benzene rings is 1. The van der Waals surface area contributed by atoms with Gasteiger partial charge in [-0.05, 0) is 23.8 Å². The Balaban J connectivity index is 1.64. The highest BCUT2D eigenvalue weighted by Gasteiger charge is 2.04. The summed E-state index contributed by atoms with van der Waals surface area (Å²) in [5.74, 6) is 0. The number of aromatic nitrogens is 4. The van der Waals surface area contributed by atoms with E-state index in [2.05, 4.69) is 15.1 Å². The zero-order valence-electron chi connectivity index (χ0n) is 11.4. The molecule has 0 aliphatic rings. The van der Waals surface area contributed by atoms with Crippen molar-refractivity contribution in [1.29, 1.82) is 0 Å². The van der Waals surface area contributed by atoms with Crippen molar-refractivity contribution in [2.75, 3.05) is 0 Å². The summed E-state index contributed by atoms with van der Waals surface area (Å²) in [5.41, 5.74) is 8.26. The molecule has 2 heterocycles. The molecule has 0 bridgehead atoms. The van der Waals surface area contributed by atoms with E-state index in [0.29, 0.717) is 19.2 Å². The van der Waals surface area contributed by atoms with E-state index in [1.807, 2.05) is 42.5 Å². The van der Waals surface area contributed by atoms with Crippen LogP contribution in [0.3, 0.4) is 0 Å². The number of para-hydroxylation sites is 1. The van der Waals surface area contributed by atoms with Gasteiger partial charge in [-0.2, -0.15) is 4.98 Å². The molecule has 2 N–H and O–H groups in total. The lowest BCUT2D eigenvalue weighted by Gasteiger charge is -2.02. The van der Waals surface area contributed by atoms with Crippen LogP contribution < -0.4 is 10.5 Å². The van der Waals surface area contributed by atoms with Gasteiger partial charge in [0.1, 0.15) is 12.9 Å². The van der Waals surface area contributed by atoms with Crippen LogP contribution in [0.25, 0.3) is 5.69 Å². The average molecular weight is 281 g/mol. The van der Waals surface area contributed by atoms with Gasteiger partial charge in [-0.1, -0.05) is 24.3 Å². The Morgan fingerprint density at radius 1 is 1.05 bits per heavy atom. The predicted octanol–water partition coefficient (Wildman–Crippen LogP) is 1.70. The first kappa shape index (κ1) is 13.3. The summed E-state index contributed by atoms with van der Waals surface area (Å²) in [6.45, 7) is 0.806. The van der Waals surface area contributed by atoms with Gasteiger partial charge in [-0.25, -0.2) is 4.68 Å². The molecular formula is C15H15N5O. The van der Waals surface area contributed by atoms with Crippen molar-refractivity contribution >= 4 is 0 Å². The van der Waals surface area contributed by atoms with E-state index in [1.165, 1.54) is 0 Å². The largest absolute Gasteiger partial charge is 0.456 e. The molecule has 0 saturated carbocycles. The minimum Gasteiger partial charge on any atom is -0.456 e. The molecule has 6 heteroatoms. The second-order valence-electron chi connectivity index (χ2n) is 4.46. The molecule has 0 aliphatic heterocycles. The average Bonchev–Trinajstić information content (AvgIpc) is 3.03. The summed E-state index contributed by atoms with van der Waals surface area (Å²) in [6.07, 6.45) is 3.37. The van der Waals surface area contributed by atoms with Crippen LogP contribution in [0, 0.1) is 0 Å². The van der Waals surface area contributed by atoms with Gasteiger partial charge in [-0.3, -0.25) is 4.98 Å². The molecule has 0 fully saturated rings. The molecule has 2 aromatic heterocycles. The molecule has 0 amide bonds. The molecule has 106 valence electrons. The normalized spacial score (nSPS) is 10.5. The lowest BCUT2D eigenvalue weighted by molar-refractivity contribution is 0.276. The number of pyridine rings is 1. The molecule has 6 nitrogen and oxygen atoms in total. The number of hydrogen-bond acceptors (Lipinski definition) is 5. The summed E-state index contributed by atoms with van der Waals surface area (Å²) in [7, 11) is 0. The molecule has 0 radical (unpaired) electrons. The predicted molar refractivity (Wildman–Crippen MR) is 77.8 cm³/mol. The van der Waals surface area contributed by atoms with E-state index in [4.69, 9.17) is 10.5 Å². The Bertz CT molecular complexity index is 694. The van der Waals surface area contributed by atoms with Crippen LogP contribution in [0.4, 0.5) is 0 Å². The molecule has 21 heavy (non-hydrogen) atoms. The lowest BCUT2D eigenvalue weighted by Crippen LogP contribution is -2.02. The molecule has 0 unspecified atom stereocenters. The zero-order valence-corrected chi connectivity index (χ0v) is 11.4. The van der Waals surface area contributed by atoms with Gasteiger partial charge in [0.15, 0.2) is 0 Å². The van der Waals surface area contributed by atoms with Gasteiger partial charge in [0, 0.05) is 12.7 Å². The highest BCUT2D eigenvalue weighted by molar-refractivity contribution is 5.29. The van der Waals surface area contributed by atoms with Crippen LogP contribution in [0.2, 0.25) is 0 Å². The van der Waals surface area contributed by atoms with E-state index in [1.54, 1.807) is 17.2 Å². The second-order valence-corrected chi connectivity index (χ2v) is 4.46. The minimum absolute atomic E-state index is 0.323. The maximum atomic E-state index is 5.53. The Hall–Kier alpha value is -2.73. The number of hydrogen-bond donors (Lipinski definition) is 1. The van der Waals surface area contributed by atoms with Crippen molar-refractivity contribution in [1.82, 2.24) is 19.7 Å². The smallest absolute Gasteiger partial charge is 0.336 e. The number of nitrogens with zero attached hydrogens (tertiary/aromatic N) is 4. The van der Waals surface area contributed by atoms with E-state index in [9.17, 15) is 0 Å². The maximum Gasteiger partial charge on any atom is 0.336 e. The molecule has 3 rings (SSSR count). The fourth-order valence-electron chi connectivity index (χ4n) is 1.82. The summed E-state index contributed by atoms with van der Waals surface area (Å²) in [4.78, 5) is 8.39. The van der Waals surface area contributed by atoms with E-state index >= 15 is 0 Å². The van der Waals surface area contributed by atoms with Crippen molar-refractivity contribution in [2.45, 2.75) is 13.2 Å². The van der Waals surface area contributed by atoms with Gasteiger partial charge in [0.2, 0.25) is 0 Å². The van der Waals surface area contributed by atoms with Crippen LogP contribution in [0.15, 0.2) is 55.0 Å². The molecule has 0 aliphatic carbocycles. The van der Waals surface area contributed by atoms with E-state index in [-0.39, 0.29) is 0 Å². The van der Waals surface area contributed by atoms with Gasteiger partial charge >= 0.3 is 6.01 Å². The highest BCUT2D eigenvalue weighted by atomic mass is 16.5. The van der Waals surface area contributed by atoms with E-state index in [0.717, 1.165) is 16.9 Å². The quantitative estimate of drug-likeness (QED) is 0.770. The van der Waals surface area contributed by atoms with Crippen LogP contribution in [0.1, 0.15) is 11.3 Å². The molecule has 1 aromatic carbocycles. The van der Waals surface area contributed by atoms with E-state index < -0.39 is 0 Å². The second kappa shape index (κ2) is 6.15. The standard InChI is InChI=1S/C15H15N5O/c16-8-12-6-7-13(17-9-12)10-21-15-18-11-20(19-15)14-4-2-1-3-5-14/h1-7,9,11H,8,10,16H2. The number of rotatable bonds is 5. The Morgan fingerprint density at radius 3 is 2.62 bits per heavy atom. The monoisotopic (exact) mass is 281 g/mol. The molecule has 0 atom stereocenters. The van der Waals surface area contributed by atoms with Crippen molar-refractivity contribution < 1.29 is 4.74 Å². The Morgan fingerprint density at radius 2 is 1.90 bits per heavy atom. The first-order valence-electron chi connectivity index (χ1n) is 6.59. The summed E-state index contributed by atoms with van der Waals surface area (Å²) in [6, 6.07) is 13.9. The third-order valence-corrected chi connectivity index (χ3v) is 2.96. The SMILES string of the molecule is NCc1ccc(COc2ncn(-c3ccccc3)n2)nc1. The van der Waals surface area contributed by atoms with Gasteiger partial charge < -0.3 is 10.5 Å². The van der Waals surface area contributed by atoms with Crippen molar-refractivity contribution in [3.05, 3.63) is 66.2 Å². The molecular weight excluding hydrogens is 266 g/mol. The summed E-state index contributed by atoms with van der Waals surface area (Å²) >= 11 is 0. The molecule has 3 aromatic rings. The summed E-state index contributed by atoms with van der Waals surface area (Å²) in [5, 5.41) is 4.26.